The van der Waals surface area contributed by atoms with Crippen LogP contribution in [0.15, 0.2) is 76.8 Å². The maximum absolute atomic E-state index is 13.9. The van der Waals surface area contributed by atoms with Gasteiger partial charge in [0.1, 0.15) is 16.7 Å². The molecule has 0 aliphatic rings. The molecule has 0 radical (unpaired) electrons. The van der Waals surface area contributed by atoms with Crippen LogP contribution in [0.2, 0.25) is 0 Å². The van der Waals surface area contributed by atoms with Gasteiger partial charge in [-0.2, -0.15) is 0 Å². The van der Waals surface area contributed by atoms with Crippen molar-refractivity contribution in [2.75, 3.05) is 0 Å². The Bertz CT molecular complexity index is 919. The molecule has 3 nitrogen and oxygen atoms in total. The van der Waals surface area contributed by atoms with Crippen molar-refractivity contribution in [1.29, 1.82) is 0 Å². The van der Waals surface area contributed by atoms with Crippen molar-refractivity contribution in [2.24, 2.45) is 0 Å². The van der Waals surface area contributed by atoms with Crippen molar-refractivity contribution < 1.29 is 13.6 Å². The van der Waals surface area contributed by atoms with Gasteiger partial charge in [-0.15, -0.1) is 0 Å². The summed E-state index contributed by atoms with van der Waals surface area (Å²) in [6, 6.07) is 15.6. The maximum atomic E-state index is 13.9. The molecule has 0 aliphatic heterocycles. The highest BCUT2D eigenvalue weighted by molar-refractivity contribution is 7.99. The highest BCUT2D eigenvalue weighted by Gasteiger charge is 2.18. The Labute approximate surface area is 154 Å². The second-order valence-electron chi connectivity index (χ2n) is 5.63. The van der Waals surface area contributed by atoms with E-state index >= 15 is 0 Å². The fourth-order valence-corrected chi connectivity index (χ4v) is 3.35. The largest absolute Gasteiger partial charge is 0.345 e. The molecule has 1 heterocycles. The number of hydrogen-bond donors (Lipinski definition) is 1. The highest BCUT2D eigenvalue weighted by Crippen LogP contribution is 2.28. The first-order chi connectivity index (χ1) is 12.5. The van der Waals surface area contributed by atoms with Gasteiger partial charge in [0, 0.05) is 22.7 Å². The number of benzene rings is 2. The number of carbonyl (C=O) groups excluding carboxylic acids is 1. The molecular formula is C20H16F2N2OS. The van der Waals surface area contributed by atoms with Gasteiger partial charge in [0.05, 0.1) is 11.6 Å². The summed E-state index contributed by atoms with van der Waals surface area (Å²) in [6.07, 6.45) is 1.62. The minimum absolute atomic E-state index is 0.223. The number of nitrogens with zero attached hydrogens (tertiary/aromatic N) is 1. The van der Waals surface area contributed by atoms with Gasteiger partial charge >= 0.3 is 0 Å². The summed E-state index contributed by atoms with van der Waals surface area (Å²) in [5.74, 6) is -1.71. The summed E-state index contributed by atoms with van der Waals surface area (Å²) >= 11 is 1.37. The molecule has 1 atom stereocenters. The molecular weight excluding hydrogens is 354 g/mol. The molecule has 1 N–H and O–H groups in total. The number of halogens is 2. The van der Waals surface area contributed by atoms with Crippen LogP contribution in [0.5, 0.6) is 0 Å². The lowest BCUT2D eigenvalue weighted by molar-refractivity contribution is 0.0935. The van der Waals surface area contributed by atoms with Gasteiger partial charge in [-0.1, -0.05) is 36.0 Å². The molecule has 0 aliphatic carbocycles. The number of aromatic nitrogens is 1. The van der Waals surface area contributed by atoms with E-state index in [0.29, 0.717) is 10.6 Å². The molecule has 0 saturated heterocycles. The maximum Gasteiger partial charge on any atom is 0.254 e. The van der Waals surface area contributed by atoms with Crippen LogP contribution < -0.4 is 5.32 Å². The van der Waals surface area contributed by atoms with E-state index < -0.39 is 17.7 Å². The first kappa shape index (κ1) is 18.1. The van der Waals surface area contributed by atoms with Crippen molar-refractivity contribution in [3.8, 4) is 0 Å². The van der Waals surface area contributed by atoms with Crippen LogP contribution in [-0.4, -0.2) is 10.9 Å². The van der Waals surface area contributed by atoms with Gasteiger partial charge in [-0.05, 0) is 37.3 Å². The Morgan fingerprint density at radius 1 is 1.08 bits per heavy atom. The number of carbonyl (C=O) groups is 1. The molecule has 1 unspecified atom stereocenters. The summed E-state index contributed by atoms with van der Waals surface area (Å²) in [5.41, 5.74) is 0.622. The number of amides is 1. The summed E-state index contributed by atoms with van der Waals surface area (Å²) in [4.78, 5) is 17.9. The number of hydrogen-bond acceptors (Lipinski definition) is 3. The first-order valence-corrected chi connectivity index (χ1v) is 8.80. The standard InChI is InChI=1S/C20H16F2N2OS/c1-13(16-10-9-14(21)12-18(16)22)24-19(25)17-8-5-11-23-20(17)26-15-6-3-2-4-7-15/h2-13H,1H3,(H,24,25). The van der Waals surface area contributed by atoms with Gasteiger partial charge in [0.2, 0.25) is 0 Å². The fourth-order valence-electron chi connectivity index (χ4n) is 2.45. The van der Waals surface area contributed by atoms with Gasteiger partial charge in [0.25, 0.3) is 5.91 Å². The van der Waals surface area contributed by atoms with Crippen LogP contribution in [0.4, 0.5) is 8.78 Å². The number of pyridine rings is 1. The predicted molar refractivity (Wildman–Crippen MR) is 97.0 cm³/mol. The topological polar surface area (TPSA) is 42.0 Å². The van der Waals surface area contributed by atoms with E-state index in [-0.39, 0.29) is 11.5 Å². The van der Waals surface area contributed by atoms with Crippen molar-refractivity contribution >= 4 is 17.7 Å². The minimum Gasteiger partial charge on any atom is -0.345 e. The molecule has 26 heavy (non-hydrogen) atoms. The SMILES string of the molecule is CC(NC(=O)c1cccnc1Sc1ccccc1)c1ccc(F)cc1F. The molecule has 6 heteroatoms. The molecule has 1 aromatic heterocycles. The van der Waals surface area contributed by atoms with E-state index in [1.54, 1.807) is 25.3 Å². The molecule has 2 aromatic carbocycles. The zero-order chi connectivity index (χ0) is 18.5. The molecule has 3 rings (SSSR count). The molecule has 0 saturated carbocycles. The van der Waals surface area contributed by atoms with Gasteiger partial charge < -0.3 is 5.32 Å². The van der Waals surface area contributed by atoms with E-state index in [0.717, 1.165) is 11.0 Å². The van der Waals surface area contributed by atoms with Crippen molar-refractivity contribution in [3.05, 3.63) is 89.6 Å². The van der Waals surface area contributed by atoms with Crippen LogP contribution in [0, 0.1) is 11.6 Å². The monoisotopic (exact) mass is 370 g/mol. The van der Waals surface area contributed by atoms with E-state index in [4.69, 9.17) is 0 Å². The third kappa shape index (κ3) is 4.26. The molecule has 0 bridgehead atoms. The quantitative estimate of drug-likeness (QED) is 0.687. The third-order valence-electron chi connectivity index (χ3n) is 3.75. The average Bonchev–Trinajstić information content (AvgIpc) is 2.62. The van der Waals surface area contributed by atoms with E-state index in [9.17, 15) is 13.6 Å². The van der Waals surface area contributed by atoms with E-state index in [1.165, 1.54) is 23.9 Å². The van der Waals surface area contributed by atoms with Crippen LogP contribution in [0.3, 0.4) is 0 Å². The smallest absolute Gasteiger partial charge is 0.254 e. The highest BCUT2D eigenvalue weighted by atomic mass is 32.2. The summed E-state index contributed by atoms with van der Waals surface area (Å²) in [7, 11) is 0. The minimum atomic E-state index is -0.692. The summed E-state index contributed by atoms with van der Waals surface area (Å²) in [6.45, 7) is 1.65. The average molecular weight is 370 g/mol. The Balaban J connectivity index is 1.79. The van der Waals surface area contributed by atoms with Crippen molar-refractivity contribution in [3.63, 3.8) is 0 Å². The number of rotatable bonds is 5. The van der Waals surface area contributed by atoms with Gasteiger partial charge in [-0.3, -0.25) is 4.79 Å². The lowest BCUT2D eigenvalue weighted by Crippen LogP contribution is -2.28. The Morgan fingerprint density at radius 3 is 2.58 bits per heavy atom. The zero-order valence-electron chi connectivity index (χ0n) is 13.9. The van der Waals surface area contributed by atoms with Gasteiger partial charge in [-0.25, -0.2) is 13.8 Å². The van der Waals surface area contributed by atoms with Gasteiger partial charge in [0.15, 0.2) is 0 Å². The lowest BCUT2D eigenvalue weighted by Gasteiger charge is -2.16. The predicted octanol–water partition coefficient (Wildman–Crippen LogP) is 5.00. The second kappa shape index (κ2) is 8.10. The lowest BCUT2D eigenvalue weighted by atomic mass is 10.1. The fraction of sp³-hybridized carbons (Fsp3) is 0.100. The van der Waals surface area contributed by atoms with Crippen LogP contribution in [0.1, 0.15) is 28.9 Å². The molecule has 0 spiro atoms. The summed E-state index contributed by atoms with van der Waals surface area (Å²) in [5, 5.41) is 3.30. The number of nitrogens with one attached hydrogen (secondary N) is 1. The molecule has 3 aromatic rings. The third-order valence-corrected chi connectivity index (χ3v) is 4.78. The van der Waals surface area contributed by atoms with Crippen LogP contribution >= 0.6 is 11.8 Å². The summed E-state index contributed by atoms with van der Waals surface area (Å²) < 4.78 is 27.0. The zero-order valence-corrected chi connectivity index (χ0v) is 14.8. The molecule has 0 fully saturated rings. The molecule has 132 valence electrons. The first-order valence-electron chi connectivity index (χ1n) is 7.98. The normalized spacial score (nSPS) is 11.8. The van der Waals surface area contributed by atoms with Crippen molar-refractivity contribution in [2.45, 2.75) is 22.9 Å². The van der Waals surface area contributed by atoms with Crippen LogP contribution in [-0.2, 0) is 0 Å². The Hall–Kier alpha value is -2.73. The van der Waals surface area contributed by atoms with E-state index in [1.807, 2.05) is 30.3 Å². The van der Waals surface area contributed by atoms with Crippen LogP contribution in [0.25, 0.3) is 0 Å². The van der Waals surface area contributed by atoms with E-state index in [2.05, 4.69) is 10.3 Å². The molecule has 1 amide bonds. The Morgan fingerprint density at radius 2 is 1.85 bits per heavy atom. The second-order valence-corrected chi connectivity index (χ2v) is 6.69. The van der Waals surface area contributed by atoms with Crippen molar-refractivity contribution in [1.82, 2.24) is 10.3 Å². The Kier molecular flexibility index (Phi) is 5.63.